The number of rotatable bonds is 7. The molecule has 4 fully saturated rings. The molecular formula is C36H49Cl2FN6O3. The van der Waals surface area contributed by atoms with Gasteiger partial charge in [-0.05, 0) is 126 Å². The molecule has 4 aliphatic rings. The third-order valence-electron chi connectivity index (χ3n) is 11.1. The highest BCUT2D eigenvalue weighted by molar-refractivity contribution is 6.04. The van der Waals surface area contributed by atoms with Crippen molar-refractivity contribution in [2.45, 2.75) is 95.5 Å². The van der Waals surface area contributed by atoms with E-state index in [2.05, 4.69) is 37.1 Å². The van der Waals surface area contributed by atoms with Crippen molar-refractivity contribution in [2.24, 2.45) is 11.8 Å². The number of imidazole rings is 1. The van der Waals surface area contributed by atoms with Crippen LogP contribution in [0.5, 0.6) is 0 Å². The van der Waals surface area contributed by atoms with Crippen molar-refractivity contribution in [1.82, 2.24) is 24.7 Å². The lowest BCUT2D eigenvalue weighted by molar-refractivity contribution is -0.140. The smallest absolute Gasteiger partial charge is 0.257 e. The molecule has 7 rings (SSSR count). The number of amides is 2. The number of fused-ring (bicyclic) bond motifs is 3. The zero-order valence-corrected chi connectivity index (χ0v) is 29.5. The van der Waals surface area contributed by atoms with Crippen LogP contribution in [0, 0.1) is 17.7 Å². The summed E-state index contributed by atoms with van der Waals surface area (Å²) in [6.07, 6.45) is 7.42. The van der Waals surface area contributed by atoms with Crippen molar-refractivity contribution in [3.05, 3.63) is 59.4 Å². The van der Waals surface area contributed by atoms with Crippen LogP contribution in [0.3, 0.4) is 0 Å². The first-order chi connectivity index (χ1) is 22.1. The largest absolute Gasteiger partial charge is 0.390 e. The first-order valence-electron chi connectivity index (χ1n) is 17.2. The summed E-state index contributed by atoms with van der Waals surface area (Å²) in [6, 6.07) is 12.6. The number of piperidine rings is 1. The fraction of sp³-hybridized carbons (Fsp3) is 0.583. The van der Waals surface area contributed by atoms with E-state index in [0.29, 0.717) is 35.4 Å². The van der Waals surface area contributed by atoms with E-state index < -0.39 is 5.60 Å². The van der Waals surface area contributed by atoms with Gasteiger partial charge >= 0.3 is 0 Å². The fourth-order valence-electron chi connectivity index (χ4n) is 8.46. The normalized spacial score (nSPS) is 25.0. The highest BCUT2D eigenvalue weighted by Gasteiger charge is 2.42. The average Bonchev–Trinajstić information content (AvgIpc) is 3.52. The van der Waals surface area contributed by atoms with Gasteiger partial charge in [0.2, 0.25) is 11.9 Å². The second kappa shape index (κ2) is 15.0. The molecule has 3 aromatic rings. The Kier molecular flexibility index (Phi) is 11.4. The molecule has 3 aliphatic heterocycles. The molecular weight excluding hydrogens is 654 g/mol. The molecule has 2 aromatic carbocycles. The lowest BCUT2D eigenvalue weighted by Gasteiger charge is -2.39. The number of carbonyl (C=O) groups excluding carboxylic acids is 2. The zero-order chi connectivity index (χ0) is 32.0. The summed E-state index contributed by atoms with van der Waals surface area (Å²) in [6.45, 7) is 8.31. The molecule has 0 spiro atoms. The number of piperazine rings is 1. The number of benzene rings is 2. The fourth-order valence-corrected chi connectivity index (χ4v) is 8.46. The summed E-state index contributed by atoms with van der Waals surface area (Å²) in [5.41, 5.74) is 2.70. The van der Waals surface area contributed by atoms with Gasteiger partial charge in [-0.2, -0.15) is 0 Å². The number of aromatic nitrogens is 2. The van der Waals surface area contributed by atoms with Gasteiger partial charge in [0.15, 0.2) is 0 Å². The van der Waals surface area contributed by atoms with Crippen LogP contribution in [0.15, 0.2) is 42.5 Å². The number of halogens is 3. The number of aliphatic hydroxyl groups is 1. The lowest BCUT2D eigenvalue weighted by Crippen LogP contribution is -2.55. The van der Waals surface area contributed by atoms with Gasteiger partial charge in [-0.25, -0.2) is 9.37 Å². The topological polar surface area (TPSA) is 103 Å². The Labute approximate surface area is 294 Å². The van der Waals surface area contributed by atoms with Crippen molar-refractivity contribution in [1.29, 1.82) is 0 Å². The number of nitrogens with one attached hydrogen (secondary N) is 2. The van der Waals surface area contributed by atoms with E-state index in [4.69, 9.17) is 4.98 Å². The van der Waals surface area contributed by atoms with Gasteiger partial charge in [0.05, 0.1) is 16.6 Å². The van der Waals surface area contributed by atoms with Crippen LogP contribution in [0.1, 0.15) is 87.2 Å². The molecule has 1 aliphatic carbocycles. The van der Waals surface area contributed by atoms with E-state index in [1.807, 2.05) is 19.9 Å². The minimum atomic E-state index is -0.652. The Hall–Kier alpha value is -2.76. The van der Waals surface area contributed by atoms with E-state index in [0.717, 1.165) is 95.1 Å². The number of likely N-dealkylation sites (tertiary alicyclic amines) is 1. The third-order valence-corrected chi connectivity index (χ3v) is 11.1. The summed E-state index contributed by atoms with van der Waals surface area (Å²) < 4.78 is 15.7. The molecule has 48 heavy (non-hydrogen) atoms. The molecule has 0 unspecified atom stereocenters. The number of carbonyl (C=O) groups is 2. The Morgan fingerprint density at radius 2 is 1.54 bits per heavy atom. The van der Waals surface area contributed by atoms with E-state index >= 15 is 0 Å². The standard InChI is InChI=1S/C36H47FN6O3.2ClH/c1-36(2,46)26-15-17-41(18-16-26)22-23-3-14-31-32(19-23)43(35(39-31)40-33(44)24-4-8-27(37)9-5-24)28-10-6-25(7-11-28)34(45)42-29-12-13-30(42)21-38-20-29;;/h3-5,8-9,14,19,25-26,28-30,38,46H,6-7,10-13,15-18,20-22H2,1-2H3,(H,39,40,44);2*1H/t25?,28?,29-,30+;;. The molecule has 1 aromatic heterocycles. The van der Waals surface area contributed by atoms with Gasteiger partial charge in [-0.15, -0.1) is 24.8 Å². The van der Waals surface area contributed by atoms with Crippen molar-refractivity contribution in [3.63, 3.8) is 0 Å². The first kappa shape index (κ1) is 36.5. The first-order valence-corrected chi connectivity index (χ1v) is 17.2. The molecule has 262 valence electrons. The molecule has 12 heteroatoms. The van der Waals surface area contributed by atoms with Crippen LogP contribution in [0.2, 0.25) is 0 Å². The lowest BCUT2D eigenvalue weighted by atomic mass is 9.83. The maximum absolute atomic E-state index is 13.7. The molecule has 4 heterocycles. The van der Waals surface area contributed by atoms with Crippen molar-refractivity contribution >= 4 is 53.6 Å². The van der Waals surface area contributed by atoms with Crippen LogP contribution in [-0.4, -0.2) is 80.1 Å². The molecule has 3 saturated heterocycles. The monoisotopic (exact) mass is 702 g/mol. The van der Waals surface area contributed by atoms with Gasteiger partial charge < -0.3 is 19.9 Å². The Morgan fingerprint density at radius 1 is 0.917 bits per heavy atom. The minimum Gasteiger partial charge on any atom is -0.390 e. The molecule has 3 N–H and O–H groups in total. The summed E-state index contributed by atoms with van der Waals surface area (Å²) in [5.74, 6) is 0.437. The Balaban J connectivity index is 0.00000225. The maximum atomic E-state index is 13.7. The molecule has 2 atom stereocenters. The van der Waals surface area contributed by atoms with Crippen LogP contribution in [0.25, 0.3) is 11.0 Å². The minimum absolute atomic E-state index is 0. The Bertz CT molecular complexity index is 1560. The van der Waals surface area contributed by atoms with Crippen LogP contribution >= 0.6 is 24.8 Å². The quantitative estimate of drug-likeness (QED) is 0.281. The number of hydrogen-bond acceptors (Lipinski definition) is 6. The van der Waals surface area contributed by atoms with Crippen LogP contribution in [-0.2, 0) is 11.3 Å². The van der Waals surface area contributed by atoms with Gasteiger partial charge in [0, 0.05) is 49.2 Å². The average molecular weight is 704 g/mol. The third kappa shape index (κ3) is 7.53. The van der Waals surface area contributed by atoms with Gasteiger partial charge in [0.1, 0.15) is 5.82 Å². The summed E-state index contributed by atoms with van der Waals surface area (Å²) in [7, 11) is 0. The second-order valence-corrected chi connectivity index (χ2v) is 14.6. The van der Waals surface area contributed by atoms with Crippen molar-refractivity contribution in [2.75, 3.05) is 31.5 Å². The van der Waals surface area contributed by atoms with Crippen molar-refractivity contribution < 1.29 is 19.1 Å². The van der Waals surface area contributed by atoms with Gasteiger partial charge in [-0.3, -0.25) is 19.8 Å². The van der Waals surface area contributed by atoms with Crippen LogP contribution in [0.4, 0.5) is 10.3 Å². The molecule has 0 radical (unpaired) electrons. The van der Waals surface area contributed by atoms with Crippen LogP contribution < -0.4 is 10.6 Å². The molecule has 9 nitrogen and oxygen atoms in total. The number of nitrogens with zero attached hydrogens (tertiary/aromatic N) is 4. The summed E-state index contributed by atoms with van der Waals surface area (Å²) in [4.78, 5) is 36.5. The summed E-state index contributed by atoms with van der Waals surface area (Å²) >= 11 is 0. The zero-order valence-electron chi connectivity index (χ0n) is 27.9. The van der Waals surface area contributed by atoms with E-state index in [9.17, 15) is 19.1 Å². The predicted octanol–water partition coefficient (Wildman–Crippen LogP) is 5.95. The SMILES string of the molecule is CC(C)(O)C1CCN(Cc2ccc3nc(NC(=O)c4ccc(F)cc4)n(C4CCC(C(=O)N5[C@@H]6CC[C@H]5CNC6)CC4)c3c2)CC1.Cl.Cl. The van der Waals surface area contributed by atoms with Gasteiger partial charge in [-0.1, -0.05) is 6.07 Å². The number of hydrogen-bond donors (Lipinski definition) is 3. The molecule has 1 saturated carbocycles. The van der Waals surface area contributed by atoms with E-state index in [1.165, 1.54) is 29.8 Å². The number of anilines is 1. The summed E-state index contributed by atoms with van der Waals surface area (Å²) in [5, 5.41) is 17.0. The molecule has 2 bridgehead atoms. The Morgan fingerprint density at radius 3 is 2.17 bits per heavy atom. The van der Waals surface area contributed by atoms with E-state index in [-0.39, 0.29) is 48.5 Å². The van der Waals surface area contributed by atoms with Crippen molar-refractivity contribution in [3.8, 4) is 0 Å². The highest BCUT2D eigenvalue weighted by atomic mass is 35.5. The molecule has 2 amide bonds. The van der Waals surface area contributed by atoms with E-state index in [1.54, 1.807) is 0 Å². The van der Waals surface area contributed by atoms with Gasteiger partial charge in [0.25, 0.3) is 5.91 Å². The predicted molar refractivity (Wildman–Crippen MR) is 190 cm³/mol. The highest BCUT2D eigenvalue weighted by Crippen LogP contribution is 2.40. The second-order valence-electron chi connectivity index (χ2n) is 14.6. The maximum Gasteiger partial charge on any atom is 0.257 e.